The van der Waals surface area contributed by atoms with Crippen LogP contribution in [0.2, 0.25) is 10.0 Å². The second-order valence-electron chi connectivity index (χ2n) is 6.21. The van der Waals surface area contributed by atoms with Crippen molar-refractivity contribution in [3.8, 4) is 0 Å². The molecule has 2 aliphatic rings. The zero-order valence-electron chi connectivity index (χ0n) is 13.0. The molecule has 0 spiro atoms. The van der Waals surface area contributed by atoms with E-state index in [9.17, 15) is 14.4 Å². The Kier molecular flexibility index (Phi) is 4.44. The largest absolute Gasteiger partial charge is 0.459 e. The fourth-order valence-electron chi connectivity index (χ4n) is 2.76. The Labute approximate surface area is 149 Å². The average Bonchev–Trinajstić information content (AvgIpc) is 3.35. The highest BCUT2D eigenvalue weighted by molar-refractivity contribution is 6.42. The topological polar surface area (TPSA) is 75.7 Å². The third kappa shape index (κ3) is 3.21. The molecule has 0 radical (unpaired) electrons. The smallest absolute Gasteiger partial charge is 0.326 e. The lowest BCUT2D eigenvalue weighted by molar-refractivity contribution is -0.148. The normalized spacial score (nSPS) is 23.4. The van der Waals surface area contributed by atoms with Crippen LogP contribution in [0.1, 0.15) is 25.3 Å². The molecule has 0 bridgehead atoms. The van der Waals surface area contributed by atoms with E-state index >= 15 is 0 Å². The van der Waals surface area contributed by atoms with Gasteiger partial charge in [0.2, 0.25) is 0 Å². The zero-order valence-corrected chi connectivity index (χ0v) is 14.5. The van der Waals surface area contributed by atoms with Crippen LogP contribution >= 0.6 is 23.2 Å². The molecule has 2 fully saturated rings. The van der Waals surface area contributed by atoms with Crippen LogP contribution in [0.15, 0.2) is 18.2 Å². The Morgan fingerprint density at radius 2 is 2.04 bits per heavy atom. The molecule has 24 heavy (non-hydrogen) atoms. The number of esters is 1. The summed E-state index contributed by atoms with van der Waals surface area (Å²) in [4.78, 5) is 37.3. The highest BCUT2D eigenvalue weighted by Crippen LogP contribution is 2.42. The standard InChI is InChI=1S/C16H16Cl2N2O4/c1-16(10-3-4-10)14(22)20(15(23)19-16)7-13(21)24-8-9-2-5-11(17)12(18)6-9/h2,5-6,10H,3-4,7-8H2,1H3,(H,19,23)/t16-/m0/s1. The summed E-state index contributed by atoms with van der Waals surface area (Å²) in [6, 6.07) is 4.32. The highest BCUT2D eigenvalue weighted by Gasteiger charge is 2.56. The molecule has 1 saturated heterocycles. The van der Waals surface area contributed by atoms with Crippen molar-refractivity contribution in [2.45, 2.75) is 31.9 Å². The van der Waals surface area contributed by atoms with Gasteiger partial charge in [-0.05, 0) is 43.4 Å². The van der Waals surface area contributed by atoms with E-state index in [2.05, 4.69) is 5.32 Å². The summed E-state index contributed by atoms with van der Waals surface area (Å²) >= 11 is 11.7. The maximum Gasteiger partial charge on any atom is 0.326 e. The predicted molar refractivity (Wildman–Crippen MR) is 87.6 cm³/mol. The summed E-state index contributed by atoms with van der Waals surface area (Å²) in [5.74, 6) is -0.891. The van der Waals surface area contributed by atoms with Crippen molar-refractivity contribution in [1.82, 2.24) is 10.2 Å². The van der Waals surface area contributed by atoms with Gasteiger partial charge < -0.3 is 10.1 Å². The van der Waals surface area contributed by atoms with E-state index in [0.29, 0.717) is 15.6 Å². The summed E-state index contributed by atoms with van der Waals surface area (Å²) in [5.41, 5.74) is -0.237. The molecular weight excluding hydrogens is 355 g/mol. The number of hydrogen-bond acceptors (Lipinski definition) is 4. The molecule has 0 aromatic heterocycles. The fourth-order valence-corrected chi connectivity index (χ4v) is 3.09. The molecule has 1 aliphatic carbocycles. The Morgan fingerprint density at radius 3 is 2.67 bits per heavy atom. The third-order valence-corrected chi connectivity index (χ3v) is 5.11. The van der Waals surface area contributed by atoms with Crippen LogP contribution in [0.5, 0.6) is 0 Å². The van der Waals surface area contributed by atoms with E-state index in [1.807, 2.05) is 0 Å². The van der Waals surface area contributed by atoms with Crippen molar-refractivity contribution >= 4 is 41.1 Å². The van der Waals surface area contributed by atoms with Crippen molar-refractivity contribution in [2.75, 3.05) is 6.54 Å². The van der Waals surface area contributed by atoms with Crippen molar-refractivity contribution < 1.29 is 19.1 Å². The fraction of sp³-hybridized carbons (Fsp3) is 0.438. The van der Waals surface area contributed by atoms with E-state index < -0.39 is 24.1 Å². The first-order valence-corrected chi connectivity index (χ1v) is 8.30. The van der Waals surface area contributed by atoms with Gasteiger partial charge in [-0.1, -0.05) is 29.3 Å². The summed E-state index contributed by atoms with van der Waals surface area (Å²) in [6.07, 6.45) is 1.80. The Bertz CT molecular complexity index is 720. The molecular formula is C16H16Cl2N2O4. The molecule has 1 atom stereocenters. The van der Waals surface area contributed by atoms with Crippen molar-refractivity contribution in [3.63, 3.8) is 0 Å². The molecule has 1 N–H and O–H groups in total. The van der Waals surface area contributed by atoms with Crippen molar-refractivity contribution in [1.29, 1.82) is 0 Å². The molecule has 1 aliphatic heterocycles. The van der Waals surface area contributed by atoms with Crippen molar-refractivity contribution in [3.05, 3.63) is 33.8 Å². The molecule has 1 saturated carbocycles. The second-order valence-corrected chi connectivity index (χ2v) is 7.02. The lowest BCUT2D eigenvalue weighted by Crippen LogP contribution is -2.46. The lowest BCUT2D eigenvalue weighted by atomic mass is 9.96. The number of imide groups is 1. The van der Waals surface area contributed by atoms with Crippen molar-refractivity contribution in [2.24, 2.45) is 5.92 Å². The zero-order chi connectivity index (χ0) is 17.5. The van der Waals surface area contributed by atoms with Gasteiger partial charge in [0.05, 0.1) is 10.0 Å². The number of nitrogens with one attached hydrogen (secondary N) is 1. The van der Waals surface area contributed by atoms with Crippen LogP contribution < -0.4 is 5.32 Å². The first-order chi connectivity index (χ1) is 11.3. The number of rotatable bonds is 5. The van der Waals surface area contributed by atoms with E-state index in [-0.39, 0.29) is 18.4 Å². The van der Waals surface area contributed by atoms with Gasteiger partial charge in [0.1, 0.15) is 18.7 Å². The second kappa shape index (κ2) is 6.26. The van der Waals surface area contributed by atoms with E-state index in [4.69, 9.17) is 27.9 Å². The summed E-state index contributed by atoms with van der Waals surface area (Å²) in [5, 5.41) is 3.45. The maximum absolute atomic E-state index is 12.4. The monoisotopic (exact) mass is 370 g/mol. The number of hydrogen-bond donors (Lipinski definition) is 1. The first kappa shape index (κ1) is 17.0. The minimum atomic E-state index is -0.902. The maximum atomic E-state index is 12.4. The average molecular weight is 371 g/mol. The molecule has 8 heteroatoms. The number of carbonyl (C=O) groups is 3. The number of halogens is 2. The predicted octanol–water partition coefficient (Wildman–Crippen LogP) is 2.76. The van der Waals surface area contributed by atoms with Gasteiger partial charge in [-0.2, -0.15) is 0 Å². The van der Waals surface area contributed by atoms with Gasteiger partial charge in [-0.15, -0.1) is 0 Å². The Balaban J connectivity index is 1.57. The van der Waals surface area contributed by atoms with Gasteiger partial charge >= 0.3 is 12.0 Å². The Morgan fingerprint density at radius 1 is 1.33 bits per heavy atom. The molecule has 1 aromatic rings. The molecule has 0 unspecified atom stereocenters. The van der Waals surface area contributed by atoms with Crippen LogP contribution in [0.25, 0.3) is 0 Å². The molecule has 6 nitrogen and oxygen atoms in total. The number of ether oxygens (including phenoxy) is 1. The third-order valence-electron chi connectivity index (χ3n) is 4.37. The van der Waals surface area contributed by atoms with E-state index in [1.165, 1.54) is 0 Å². The van der Waals surface area contributed by atoms with Crippen LogP contribution in [0, 0.1) is 5.92 Å². The highest BCUT2D eigenvalue weighted by atomic mass is 35.5. The van der Waals surface area contributed by atoms with E-state index in [1.54, 1.807) is 25.1 Å². The number of nitrogens with zero attached hydrogens (tertiary/aromatic N) is 1. The van der Waals surface area contributed by atoms with Gasteiger partial charge in [0, 0.05) is 0 Å². The lowest BCUT2D eigenvalue weighted by Gasteiger charge is -2.20. The number of amides is 3. The number of benzene rings is 1. The summed E-state index contributed by atoms with van der Waals surface area (Å²) < 4.78 is 5.11. The first-order valence-electron chi connectivity index (χ1n) is 7.55. The number of urea groups is 1. The van der Waals surface area contributed by atoms with Gasteiger partial charge in [-0.25, -0.2) is 4.79 Å². The SMILES string of the molecule is C[C@@]1(C2CC2)NC(=O)N(CC(=O)OCc2ccc(Cl)c(Cl)c2)C1=O. The van der Waals surface area contributed by atoms with Crippen LogP contribution in [0.4, 0.5) is 4.79 Å². The Hall–Kier alpha value is -1.79. The summed E-state index contributed by atoms with van der Waals surface area (Å²) in [6.45, 7) is 1.28. The molecule has 3 rings (SSSR count). The van der Waals surface area contributed by atoms with Crippen LogP contribution in [0.3, 0.4) is 0 Å². The van der Waals surface area contributed by atoms with Crippen LogP contribution in [-0.2, 0) is 20.9 Å². The quantitative estimate of drug-likeness (QED) is 0.638. The minimum Gasteiger partial charge on any atom is -0.459 e. The van der Waals surface area contributed by atoms with Crippen LogP contribution in [-0.4, -0.2) is 34.9 Å². The molecule has 3 amide bonds. The number of carbonyl (C=O) groups excluding carboxylic acids is 3. The summed E-state index contributed by atoms with van der Waals surface area (Å²) in [7, 11) is 0. The van der Waals surface area contributed by atoms with E-state index in [0.717, 1.165) is 17.7 Å². The molecule has 128 valence electrons. The molecule has 1 aromatic carbocycles. The minimum absolute atomic E-state index is 0.0146. The van der Waals surface area contributed by atoms with Gasteiger partial charge in [0.15, 0.2) is 0 Å². The van der Waals surface area contributed by atoms with Gasteiger partial charge in [0.25, 0.3) is 5.91 Å². The van der Waals surface area contributed by atoms with Gasteiger partial charge in [-0.3, -0.25) is 14.5 Å². The molecule has 1 heterocycles.